The van der Waals surface area contributed by atoms with E-state index >= 15 is 0 Å². The Morgan fingerprint density at radius 1 is 1.07 bits per heavy atom. The molecule has 0 aliphatic carbocycles. The Morgan fingerprint density at radius 2 is 1.83 bits per heavy atom. The average molecular weight is 414 g/mol. The summed E-state index contributed by atoms with van der Waals surface area (Å²) in [6, 6.07) is 4.53. The predicted molar refractivity (Wildman–Crippen MR) is 104 cm³/mol. The molecule has 0 radical (unpaired) electrons. The van der Waals surface area contributed by atoms with Crippen LogP contribution in [0, 0.1) is 5.82 Å². The van der Waals surface area contributed by atoms with Gasteiger partial charge in [-0.3, -0.25) is 9.78 Å². The van der Waals surface area contributed by atoms with Crippen molar-refractivity contribution in [1.82, 2.24) is 24.8 Å². The van der Waals surface area contributed by atoms with Gasteiger partial charge in [0.05, 0.1) is 18.0 Å². The van der Waals surface area contributed by atoms with Crippen LogP contribution >= 0.6 is 11.6 Å². The van der Waals surface area contributed by atoms with Crippen molar-refractivity contribution in [2.75, 3.05) is 13.1 Å². The number of hydrogen-bond donors (Lipinski definition) is 0. The summed E-state index contributed by atoms with van der Waals surface area (Å²) >= 11 is 5.81. The van der Waals surface area contributed by atoms with Crippen LogP contribution in [-0.2, 0) is 0 Å². The number of carbonyl (C=O) groups is 1. The molecule has 4 rings (SSSR count). The molecule has 0 bridgehead atoms. The molecule has 0 spiro atoms. The van der Waals surface area contributed by atoms with Crippen molar-refractivity contribution >= 4 is 17.5 Å². The smallest absolute Gasteiger partial charge is 0.256 e. The number of likely N-dealkylation sites (tertiary alicyclic amines) is 1. The van der Waals surface area contributed by atoms with Gasteiger partial charge >= 0.3 is 0 Å². The average Bonchev–Trinajstić information content (AvgIpc) is 2.74. The number of benzene rings is 1. The normalized spacial score (nSPS) is 14.6. The minimum atomic E-state index is -0.566. The van der Waals surface area contributed by atoms with E-state index < -0.39 is 5.82 Å². The van der Waals surface area contributed by atoms with Crippen LogP contribution in [0.2, 0.25) is 5.15 Å². The predicted octanol–water partition coefficient (Wildman–Crippen LogP) is 3.41. The molecule has 1 saturated heterocycles. The maximum Gasteiger partial charge on any atom is 0.256 e. The first-order chi connectivity index (χ1) is 14.1. The molecule has 3 heterocycles. The number of piperidine rings is 1. The topological polar surface area (TPSA) is 81.1 Å². The maximum absolute atomic E-state index is 14.6. The Bertz CT molecular complexity index is 1010. The van der Waals surface area contributed by atoms with E-state index in [1.807, 2.05) is 0 Å². The Morgan fingerprint density at radius 3 is 2.52 bits per heavy atom. The summed E-state index contributed by atoms with van der Waals surface area (Å²) in [7, 11) is 0. The molecule has 1 amide bonds. The highest BCUT2D eigenvalue weighted by Gasteiger charge is 2.26. The fourth-order valence-corrected chi connectivity index (χ4v) is 3.36. The lowest BCUT2D eigenvalue weighted by Gasteiger charge is -2.32. The number of halogens is 2. The molecule has 1 fully saturated rings. The molecule has 2 aromatic heterocycles. The molecular formula is C20H17ClFN5O2. The van der Waals surface area contributed by atoms with Crippen LogP contribution in [0.25, 0.3) is 11.1 Å². The van der Waals surface area contributed by atoms with Gasteiger partial charge in [-0.25, -0.2) is 14.4 Å². The number of aromatic nitrogens is 4. The third kappa shape index (κ3) is 4.48. The quantitative estimate of drug-likeness (QED) is 0.652. The Kier molecular flexibility index (Phi) is 5.62. The standard InChI is InChI=1S/C20H17ClFN5O2/c21-18-10-23-11-19(26-18)29-15-3-5-27(6-4-15)20(28)16-2-1-13(7-17(16)22)14-8-24-12-25-9-14/h1-2,7-12,15H,3-6H2. The zero-order chi connectivity index (χ0) is 20.2. The first-order valence-electron chi connectivity index (χ1n) is 9.08. The minimum absolute atomic E-state index is 0.0469. The van der Waals surface area contributed by atoms with Gasteiger partial charge in [0.15, 0.2) is 5.15 Å². The second kappa shape index (κ2) is 8.48. The van der Waals surface area contributed by atoms with Gasteiger partial charge in [-0.05, 0) is 17.7 Å². The molecule has 1 aliphatic rings. The number of rotatable bonds is 4. The van der Waals surface area contributed by atoms with Crippen molar-refractivity contribution in [2.24, 2.45) is 0 Å². The number of carbonyl (C=O) groups excluding carboxylic acids is 1. The van der Waals surface area contributed by atoms with Crippen molar-refractivity contribution in [3.05, 3.63) is 65.8 Å². The van der Waals surface area contributed by atoms with E-state index in [2.05, 4.69) is 19.9 Å². The molecule has 148 valence electrons. The van der Waals surface area contributed by atoms with Crippen LogP contribution in [0.1, 0.15) is 23.2 Å². The molecule has 0 atom stereocenters. The largest absolute Gasteiger partial charge is 0.473 e. The van der Waals surface area contributed by atoms with E-state index in [1.54, 1.807) is 23.4 Å². The minimum Gasteiger partial charge on any atom is -0.473 e. The summed E-state index contributed by atoms with van der Waals surface area (Å²) in [5, 5.41) is 0.260. The number of amides is 1. The molecule has 1 aromatic carbocycles. The van der Waals surface area contributed by atoms with Crippen LogP contribution in [0.5, 0.6) is 5.88 Å². The summed E-state index contributed by atoms with van der Waals surface area (Å²) < 4.78 is 20.4. The lowest BCUT2D eigenvalue weighted by atomic mass is 10.0. The number of ether oxygens (including phenoxy) is 1. The Labute approximate surface area is 171 Å². The van der Waals surface area contributed by atoms with E-state index in [-0.39, 0.29) is 22.7 Å². The molecule has 1 aliphatic heterocycles. The van der Waals surface area contributed by atoms with Crippen LogP contribution in [0.15, 0.2) is 49.3 Å². The van der Waals surface area contributed by atoms with Crippen LogP contribution in [0.3, 0.4) is 0 Å². The zero-order valence-electron chi connectivity index (χ0n) is 15.3. The van der Waals surface area contributed by atoms with Gasteiger partial charge in [-0.2, -0.15) is 4.98 Å². The molecule has 9 heteroatoms. The summed E-state index contributed by atoms with van der Waals surface area (Å²) in [6.45, 7) is 0.927. The van der Waals surface area contributed by atoms with Crippen LogP contribution in [0.4, 0.5) is 4.39 Å². The highest BCUT2D eigenvalue weighted by atomic mass is 35.5. The van der Waals surface area contributed by atoms with Crippen molar-refractivity contribution in [2.45, 2.75) is 18.9 Å². The first-order valence-corrected chi connectivity index (χ1v) is 9.46. The highest BCUT2D eigenvalue weighted by Crippen LogP contribution is 2.23. The van der Waals surface area contributed by atoms with Gasteiger partial charge < -0.3 is 9.64 Å². The van der Waals surface area contributed by atoms with Gasteiger partial charge in [0.25, 0.3) is 5.91 Å². The van der Waals surface area contributed by atoms with E-state index in [4.69, 9.17) is 16.3 Å². The van der Waals surface area contributed by atoms with E-state index in [0.717, 1.165) is 0 Å². The van der Waals surface area contributed by atoms with Gasteiger partial charge in [0, 0.05) is 43.9 Å². The monoisotopic (exact) mass is 413 g/mol. The summed E-state index contributed by atoms with van der Waals surface area (Å²) in [4.78, 5) is 30.2. The van der Waals surface area contributed by atoms with Crippen molar-refractivity contribution in [3.63, 3.8) is 0 Å². The van der Waals surface area contributed by atoms with E-state index in [9.17, 15) is 9.18 Å². The van der Waals surface area contributed by atoms with Gasteiger partial charge in [-0.15, -0.1) is 0 Å². The summed E-state index contributed by atoms with van der Waals surface area (Å²) in [6.07, 6.45) is 8.65. The summed E-state index contributed by atoms with van der Waals surface area (Å²) in [5.74, 6) is -0.544. The molecule has 0 N–H and O–H groups in total. The lowest BCUT2D eigenvalue weighted by Crippen LogP contribution is -2.42. The second-order valence-corrected chi connectivity index (χ2v) is 7.00. The number of hydrogen-bond acceptors (Lipinski definition) is 6. The molecule has 7 nitrogen and oxygen atoms in total. The molecular weight excluding hydrogens is 397 g/mol. The SMILES string of the molecule is O=C(c1ccc(-c2cncnc2)cc1F)N1CCC(Oc2cncc(Cl)n2)CC1. The second-order valence-electron chi connectivity index (χ2n) is 6.61. The molecule has 0 unspecified atom stereocenters. The number of nitrogens with zero attached hydrogens (tertiary/aromatic N) is 5. The van der Waals surface area contributed by atoms with Crippen LogP contribution in [-0.4, -0.2) is 49.9 Å². The molecule has 3 aromatic rings. The van der Waals surface area contributed by atoms with Gasteiger partial charge in [-0.1, -0.05) is 17.7 Å². The third-order valence-electron chi connectivity index (χ3n) is 4.69. The van der Waals surface area contributed by atoms with Crippen molar-refractivity contribution < 1.29 is 13.9 Å². The molecule has 0 saturated carbocycles. The zero-order valence-corrected chi connectivity index (χ0v) is 16.1. The van der Waals surface area contributed by atoms with Crippen molar-refractivity contribution in [3.8, 4) is 17.0 Å². The highest BCUT2D eigenvalue weighted by molar-refractivity contribution is 6.29. The van der Waals surface area contributed by atoms with Crippen LogP contribution < -0.4 is 4.74 Å². The fraction of sp³-hybridized carbons (Fsp3) is 0.250. The Balaban J connectivity index is 1.39. The van der Waals surface area contributed by atoms with E-state index in [0.29, 0.717) is 42.9 Å². The fourth-order valence-electron chi connectivity index (χ4n) is 3.22. The summed E-state index contributed by atoms with van der Waals surface area (Å²) in [5.41, 5.74) is 1.35. The third-order valence-corrected chi connectivity index (χ3v) is 4.88. The van der Waals surface area contributed by atoms with Crippen molar-refractivity contribution in [1.29, 1.82) is 0 Å². The maximum atomic E-state index is 14.6. The van der Waals surface area contributed by atoms with E-state index in [1.165, 1.54) is 30.9 Å². The Hall–Kier alpha value is -3.13. The molecule has 29 heavy (non-hydrogen) atoms. The first kappa shape index (κ1) is 19.2. The van der Waals surface area contributed by atoms with Gasteiger partial charge in [0.2, 0.25) is 5.88 Å². The lowest BCUT2D eigenvalue weighted by molar-refractivity contribution is 0.0583. The van der Waals surface area contributed by atoms with Gasteiger partial charge in [0.1, 0.15) is 18.2 Å².